The van der Waals surface area contributed by atoms with E-state index in [0.29, 0.717) is 6.04 Å². The average molecular weight is 272 g/mol. The third kappa shape index (κ3) is 2.96. The molecule has 2 heterocycles. The minimum Gasteiger partial charge on any atom is -0.352 e. The van der Waals surface area contributed by atoms with E-state index in [2.05, 4.69) is 34.3 Å². The van der Waals surface area contributed by atoms with E-state index in [1.165, 1.54) is 36.8 Å². The molecule has 0 bridgehead atoms. The van der Waals surface area contributed by atoms with Crippen LogP contribution >= 0.6 is 0 Å². The number of rotatable bonds is 6. The third-order valence-corrected chi connectivity index (χ3v) is 4.10. The molecule has 1 atom stereocenters. The summed E-state index contributed by atoms with van der Waals surface area (Å²) < 4.78 is 4.32. The van der Waals surface area contributed by atoms with Crippen molar-refractivity contribution in [3.05, 3.63) is 42.0 Å². The van der Waals surface area contributed by atoms with Gasteiger partial charge in [-0.25, -0.2) is 0 Å². The Morgan fingerprint density at radius 2 is 2.30 bits per heavy atom. The van der Waals surface area contributed by atoms with Crippen LogP contribution < -0.4 is 5.32 Å². The molecule has 1 unspecified atom stereocenters. The summed E-state index contributed by atoms with van der Waals surface area (Å²) in [6.45, 7) is 5.28. The number of hydrogen-bond acceptors (Lipinski definition) is 2. The standard InChI is InChI=1S/C16H24N4/c1-2-7-17-16-6-3-5-14-12-19(13-15(14)16)10-11-20-9-4-8-18-20/h4,8-9,12-13,16-17H,2-3,5-7,10-11H2,1H3. The van der Waals surface area contributed by atoms with Crippen LogP contribution in [0.5, 0.6) is 0 Å². The van der Waals surface area contributed by atoms with Gasteiger partial charge in [-0.15, -0.1) is 0 Å². The topological polar surface area (TPSA) is 34.8 Å². The molecule has 1 aliphatic carbocycles. The Kier molecular flexibility index (Phi) is 4.21. The normalized spacial score (nSPS) is 18.1. The van der Waals surface area contributed by atoms with Gasteiger partial charge in [0, 0.05) is 37.4 Å². The first kappa shape index (κ1) is 13.4. The summed E-state index contributed by atoms with van der Waals surface area (Å²) in [5, 5.41) is 7.94. The molecule has 0 aliphatic heterocycles. The Balaban J connectivity index is 1.67. The largest absolute Gasteiger partial charge is 0.352 e. The minimum absolute atomic E-state index is 0.560. The molecule has 0 saturated heterocycles. The van der Waals surface area contributed by atoms with Gasteiger partial charge in [-0.1, -0.05) is 6.92 Å². The molecule has 2 aromatic heterocycles. The molecule has 4 nitrogen and oxygen atoms in total. The predicted molar refractivity (Wildman–Crippen MR) is 80.6 cm³/mol. The van der Waals surface area contributed by atoms with Crippen molar-refractivity contribution >= 4 is 0 Å². The van der Waals surface area contributed by atoms with Gasteiger partial charge in [0.2, 0.25) is 0 Å². The molecule has 0 radical (unpaired) electrons. The number of aromatic nitrogens is 3. The second-order valence-electron chi connectivity index (χ2n) is 5.64. The van der Waals surface area contributed by atoms with Gasteiger partial charge < -0.3 is 9.88 Å². The Morgan fingerprint density at radius 1 is 1.35 bits per heavy atom. The highest BCUT2D eigenvalue weighted by Crippen LogP contribution is 2.30. The number of nitrogens with zero attached hydrogens (tertiary/aromatic N) is 3. The number of fused-ring (bicyclic) bond motifs is 1. The molecule has 4 heteroatoms. The summed E-state index contributed by atoms with van der Waals surface area (Å²) in [5.41, 5.74) is 3.05. The van der Waals surface area contributed by atoms with Crippen LogP contribution in [0.1, 0.15) is 43.4 Å². The fourth-order valence-electron chi connectivity index (χ4n) is 3.06. The van der Waals surface area contributed by atoms with E-state index in [1.807, 2.05) is 23.1 Å². The number of hydrogen-bond donors (Lipinski definition) is 1. The monoisotopic (exact) mass is 272 g/mol. The second kappa shape index (κ2) is 6.27. The molecule has 0 saturated carbocycles. The van der Waals surface area contributed by atoms with Gasteiger partial charge in [-0.2, -0.15) is 5.10 Å². The molecule has 3 rings (SSSR count). The maximum absolute atomic E-state index is 4.26. The maximum Gasteiger partial charge on any atom is 0.0588 e. The van der Waals surface area contributed by atoms with E-state index in [-0.39, 0.29) is 0 Å². The molecule has 20 heavy (non-hydrogen) atoms. The van der Waals surface area contributed by atoms with Crippen LogP contribution in [0.2, 0.25) is 0 Å². The average Bonchev–Trinajstić information content (AvgIpc) is 3.11. The van der Waals surface area contributed by atoms with Crippen LogP contribution in [-0.2, 0) is 19.5 Å². The summed E-state index contributed by atoms with van der Waals surface area (Å²) >= 11 is 0. The molecule has 0 amide bonds. The van der Waals surface area contributed by atoms with Crippen LogP contribution in [0, 0.1) is 0 Å². The summed E-state index contributed by atoms with van der Waals surface area (Å²) in [4.78, 5) is 0. The highest BCUT2D eigenvalue weighted by atomic mass is 15.3. The van der Waals surface area contributed by atoms with E-state index in [1.54, 1.807) is 0 Å². The molecular weight excluding hydrogens is 248 g/mol. The highest BCUT2D eigenvalue weighted by Gasteiger charge is 2.21. The Hall–Kier alpha value is -1.55. The van der Waals surface area contributed by atoms with Crippen molar-refractivity contribution in [3.63, 3.8) is 0 Å². The number of nitrogens with one attached hydrogen (secondary N) is 1. The first-order valence-electron chi connectivity index (χ1n) is 7.76. The lowest BCUT2D eigenvalue weighted by atomic mass is 9.91. The summed E-state index contributed by atoms with van der Waals surface area (Å²) in [7, 11) is 0. The van der Waals surface area contributed by atoms with Crippen molar-refractivity contribution in [3.8, 4) is 0 Å². The first-order chi connectivity index (χ1) is 9.86. The SMILES string of the molecule is CCCNC1CCCc2cn(CCn3cccn3)cc21. The predicted octanol–water partition coefficient (Wildman–Crippen LogP) is 2.76. The first-order valence-corrected chi connectivity index (χ1v) is 7.76. The molecule has 1 N–H and O–H groups in total. The fraction of sp³-hybridized carbons (Fsp3) is 0.562. The van der Waals surface area contributed by atoms with E-state index >= 15 is 0 Å². The highest BCUT2D eigenvalue weighted by molar-refractivity contribution is 5.30. The molecule has 0 spiro atoms. The molecular formula is C16H24N4. The fourth-order valence-corrected chi connectivity index (χ4v) is 3.06. The van der Waals surface area contributed by atoms with E-state index in [4.69, 9.17) is 0 Å². The van der Waals surface area contributed by atoms with Gasteiger partial charge in [0.1, 0.15) is 0 Å². The van der Waals surface area contributed by atoms with Gasteiger partial charge in [-0.05, 0) is 49.4 Å². The van der Waals surface area contributed by atoms with Crippen molar-refractivity contribution in [1.82, 2.24) is 19.7 Å². The quantitative estimate of drug-likeness (QED) is 0.877. The van der Waals surface area contributed by atoms with Crippen LogP contribution in [-0.4, -0.2) is 20.9 Å². The molecule has 108 valence electrons. The molecule has 0 aromatic carbocycles. The Labute approximate surface area is 120 Å². The van der Waals surface area contributed by atoms with Gasteiger partial charge in [0.25, 0.3) is 0 Å². The zero-order chi connectivity index (χ0) is 13.8. The minimum atomic E-state index is 0.560. The van der Waals surface area contributed by atoms with Gasteiger partial charge in [0.05, 0.1) is 6.54 Å². The van der Waals surface area contributed by atoms with E-state index in [9.17, 15) is 0 Å². The van der Waals surface area contributed by atoms with Crippen LogP contribution in [0.25, 0.3) is 0 Å². The lowest BCUT2D eigenvalue weighted by molar-refractivity contribution is 0.461. The summed E-state index contributed by atoms with van der Waals surface area (Å²) in [6, 6.07) is 2.54. The van der Waals surface area contributed by atoms with Crippen LogP contribution in [0.3, 0.4) is 0 Å². The lowest BCUT2D eigenvalue weighted by Crippen LogP contribution is -2.24. The zero-order valence-electron chi connectivity index (χ0n) is 12.3. The van der Waals surface area contributed by atoms with Crippen molar-refractivity contribution < 1.29 is 0 Å². The number of aryl methyl sites for hydroxylation is 3. The zero-order valence-corrected chi connectivity index (χ0v) is 12.3. The van der Waals surface area contributed by atoms with Crippen LogP contribution in [0.15, 0.2) is 30.9 Å². The molecule has 0 fully saturated rings. The summed E-state index contributed by atoms with van der Waals surface area (Å²) in [5.74, 6) is 0. The Bertz CT molecular complexity index is 527. The maximum atomic E-state index is 4.26. The van der Waals surface area contributed by atoms with Crippen molar-refractivity contribution in [1.29, 1.82) is 0 Å². The van der Waals surface area contributed by atoms with E-state index in [0.717, 1.165) is 19.6 Å². The van der Waals surface area contributed by atoms with Crippen molar-refractivity contribution in [2.45, 2.75) is 51.7 Å². The van der Waals surface area contributed by atoms with Crippen molar-refractivity contribution in [2.75, 3.05) is 6.54 Å². The van der Waals surface area contributed by atoms with Gasteiger partial charge in [-0.3, -0.25) is 4.68 Å². The Morgan fingerprint density at radius 3 is 3.10 bits per heavy atom. The molecule has 1 aliphatic rings. The lowest BCUT2D eigenvalue weighted by Gasteiger charge is -2.23. The van der Waals surface area contributed by atoms with Crippen LogP contribution in [0.4, 0.5) is 0 Å². The van der Waals surface area contributed by atoms with Gasteiger partial charge in [0.15, 0.2) is 0 Å². The van der Waals surface area contributed by atoms with Gasteiger partial charge >= 0.3 is 0 Å². The third-order valence-electron chi connectivity index (χ3n) is 4.10. The molecule has 2 aromatic rings. The van der Waals surface area contributed by atoms with Crippen molar-refractivity contribution in [2.24, 2.45) is 0 Å². The van der Waals surface area contributed by atoms with E-state index < -0.39 is 0 Å². The second-order valence-corrected chi connectivity index (χ2v) is 5.64. The summed E-state index contributed by atoms with van der Waals surface area (Å²) in [6.07, 6.45) is 13.5. The smallest absolute Gasteiger partial charge is 0.0588 e.